The monoisotopic (exact) mass is 434 g/mol. The van der Waals surface area contributed by atoms with Crippen molar-refractivity contribution in [1.82, 2.24) is 19.5 Å². The molecular formula is C19H22N4O4S2. The van der Waals surface area contributed by atoms with Crippen LogP contribution >= 0.6 is 11.3 Å². The molecule has 29 heavy (non-hydrogen) atoms. The van der Waals surface area contributed by atoms with E-state index in [1.165, 1.54) is 28.2 Å². The van der Waals surface area contributed by atoms with Gasteiger partial charge in [-0.05, 0) is 39.0 Å². The molecule has 0 atom stereocenters. The zero-order valence-corrected chi connectivity index (χ0v) is 18.0. The first-order valence-corrected chi connectivity index (χ1v) is 11.4. The summed E-state index contributed by atoms with van der Waals surface area (Å²) in [6.07, 6.45) is 0. The van der Waals surface area contributed by atoms with E-state index in [2.05, 4.69) is 14.8 Å². The zero-order valence-electron chi connectivity index (χ0n) is 16.4. The summed E-state index contributed by atoms with van der Waals surface area (Å²) in [6, 6.07) is 9.51. The molecule has 2 heterocycles. The summed E-state index contributed by atoms with van der Waals surface area (Å²) in [5.74, 6) is 0.288. The highest BCUT2D eigenvalue weighted by molar-refractivity contribution is 7.89. The Morgan fingerprint density at radius 3 is 2.62 bits per heavy atom. The SMILES string of the molecule is CCOc1ccccc1S(=O)(=O)NCCn1nc(-c2sc(C)nc2C)ccc1=O. The molecule has 3 rings (SSSR count). The van der Waals surface area contributed by atoms with Crippen molar-refractivity contribution in [3.63, 3.8) is 0 Å². The average molecular weight is 435 g/mol. The normalized spacial score (nSPS) is 11.6. The minimum atomic E-state index is -3.79. The molecule has 1 N–H and O–H groups in total. The van der Waals surface area contributed by atoms with Crippen LogP contribution in [-0.4, -0.2) is 36.3 Å². The van der Waals surface area contributed by atoms with Gasteiger partial charge >= 0.3 is 0 Å². The van der Waals surface area contributed by atoms with Crippen molar-refractivity contribution < 1.29 is 13.2 Å². The Hall–Kier alpha value is -2.56. The van der Waals surface area contributed by atoms with E-state index in [1.54, 1.807) is 31.2 Å². The van der Waals surface area contributed by atoms with Crippen molar-refractivity contribution in [2.24, 2.45) is 0 Å². The average Bonchev–Trinajstić information content (AvgIpc) is 3.02. The van der Waals surface area contributed by atoms with Gasteiger partial charge in [0.2, 0.25) is 10.0 Å². The van der Waals surface area contributed by atoms with E-state index in [9.17, 15) is 13.2 Å². The number of hydrogen-bond donors (Lipinski definition) is 1. The Balaban J connectivity index is 1.76. The van der Waals surface area contributed by atoms with Crippen molar-refractivity contribution >= 4 is 21.4 Å². The fourth-order valence-electron chi connectivity index (χ4n) is 2.81. The minimum absolute atomic E-state index is 0.0137. The van der Waals surface area contributed by atoms with Gasteiger partial charge in [0.25, 0.3) is 5.56 Å². The van der Waals surface area contributed by atoms with Crippen LogP contribution in [0.5, 0.6) is 5.75 Å². The molecule has 2 aromatic heterocycles. The van der Waals surface area contributed by atoms with Gasteiger partial charge in [-0.15, -0.1) is 11.3 Å². The number of hydrogen-bond acceptors (Lipinski definition) is 7. The van der Waals surface area contributed by atoms with Crippen LogP contribution in [-0.2, 0) is 16.6 Å². The first-order valence-electron chi connectivity index (χ1n) is 9.06. The molecule has 0 spiro atoms. The van der Waals surface area contributed by atoms with Crippen molar-refractivity contribution in [3.8, 4) is 16.3 Å². The molecule has 0 aliphatic carbocycles. The lowest BCUT2D eigenvalue weighted by molar-refractivity contribution is 0.331. The molecule has 0 saturated heterocycles. The second-order valence-electron chi connectivity index (χ2n) is 6.20. The van der Waals surface area contributed by atoms with Crippen LogP contribution in [0.3, 0.4) is 0 Å². The summed E-state index contributed by atoms with van der Waals surface area (Å²) in [5.41, 5.74) is 1.18. The molecule has 10 heteroatoms. The number of nitrogens with one attached hydrogen (secondary N) is 1. The Bertz CT molecular complexity index is 1170. The van der Waals surface area contributed by atoms with E-state index in [1.807, 2.05) is 13.8 Å². The second kappa shape index (κ2) is 8.85. The molecule has 3 aromatic rings. The first kappa shape index (κ1) is 21.2. The van der Waals surface area contributed by atoms with E-state index < -0.39 is 10.0 Å². The molecule has 154 valence electrons. The van der Waals surface area contributed by atoms with Gasteiger partial charge in [0.1, 0.15) is 16.3 Å². The summed E-state index contributed by atoms with van der Waals surface area (Å²) in [5, 5.41) is 5.29. The molecule has 0 radical (unpaired) electrons. The van der Waals surface area contributed by atoms with Crippen LogP contribution in [0.15, 0.2) is 46.1 Å². The number of thiazole rings is 1. The summed E-state index contributed by atoms with van der Waals surface area (Å²) in [4.78, 5) is 17.5. The van der Waals surface area contributed by atoms with Crippen LogP contribution in [0.2, 0.25) is 0 Å². The molecule has 1 aromatic carbocycles. The summed E-state index contributed by atoms with van der Waals surface area (Å²) in [6.45, 7) is 6.05. The van der Waals surface area contributed by atoms with Gasteiger partial charge in [-0.2, -0.15) is 5.10 Å². The predicted molar refractivity (Wildman–Crippen MR) is 112 cm³/mol. The Morgan fingerprint density at radius 2 is 1.93 bits per heavy atom. The lowest BCUT2D eigenvalue weighted by atomic mass is 10.3. The Labute approximate surface area is 173 Å². The van der Waals surface area contributed by atoms with Crippen molar-refractivity contribution in [2.75, 3.05) is 13.2 Å². The van der Waals surface area contributed by atoms with Crippen LogP contribution in [0.25, 0.3) is 10.6 Å². The van der Waals surface area contributed by atoms with E-state index >= 15 is 0 Å². The number of aryl methyl sites for hydroxylation is 2. The fourth-order valence-corrected chi connectivity index (χ4v) is 4.86. The minimum Gasteiger partial charge on any atom is -0.492 e. The third kappa shape index (κ3) is 4.89. The highest BCUT2D eigenvalue weighted by Crippen LogP contribution is 2.27. The Kier molecular flexibility index (Phi) is 6.46. The van der Waals surface area contributed by atoms with Gasteiger partial charge in [-0.25, -0.2) is 22.8 Å². The molecule has 0 saturated carbocycles. The van der Waals surface area contributed by atoms with Crippen molar-refractivity contribution in [1.29, 1.82) is 0 Å². The number of para-hydroxylation sites is 1. The van der Waals surface area contributed by atoms with Crippen molar-refractivity contribution in [2.45, 2.75) is 32.2 Å². The predicted octanol–water partition coefficient (Wildman–Crippen LogP) is 2.36. The molecule has 0 amide bonds. The van der Waals surface area contributed by atoms with Crippen LogP contribution in [0.1, 0.15) is 17.6 Å². The fraction of sp³-hybridized carbons (Fsp3) is 0.316. The highest BCUT2D eigenvalue weighted by Gasteiger charge is 2.19. The number of ether oxygens (including phenoxy) is 1. The quantitative estimate of drug-likeness (QED) is 0.584. The number of aromatic nitrogens is 3. The van der Waals surface area contributed by atoms with Gasteiger partial charge in [0.05, 0.1) is 28.7 Å². The molecule has 0 unspecified atom stereocenters. The maximum absolute atomic E-state index is 12.6. The number of nitrogens with zero attached hydrogens (tertiary/aromatic N) is 3. The maximum Gasteiger partial charge on any atom is 0.266 e. The number of benzene rings is 1. The standard InChI is InChI=1S/C19H22N4O4S2/c1-4-27-16-7-5-6-8-17(16)29(25,26)20-11-12-23-18(24)10-9-15(22-23)19-13(2)21-14(3)28-19/h5-10,20H,4,11-12H2,1-3H3. The van der Waals surface area contributed by atoms with E-state index in [-0.39, 0.29) is 29.3 Å². The maximum atomic E-state index is 12.6. The summed E-state index contributed by atoms with van der Waals surface area (Å²) >= 11 is 1.50. The van der Waals surface area contributed by atoms with Gasteiger partial charge in [0.15, 0.2) is 0 Å². The number of sulfonamides is 1. The third-order valence-electron chi connectivity index (χ3n) is 4.06. The highest BCUT2D eigenvalue weighted by atomic mass is 32.2. The number of rotatable bonds is 8. The van der Waals surface area contributed by atoms with Gasteiger partial charge in [-0.1, -0.05) is 12.1 Å². The lowest BCUT2D eigenvalue weighted by Crippen LogP contribution is -2.32. The second-order valence-corrected chi connectivity index (χ2v) is 9.14. The molecular weight excluding hydrogens is 412 g/mol. The molecule has 0 bridgehead atoms. The topological polar surface area (TPSA) is 103 Å². The summed E-state index contributed by atoms with van der Waals surface area (Å²) in [7, 11) is -3.79. The third-order valence-corrected chi connectivity index (χ3v) is 6.65. The smallest absolute Gasteiger partial charge is 0.266 e. The summed E-state index contributed by atoms with van der Waals surface area (Å²) < 4.78 is 34.4. The van der Waals surface area contributed by atoms with Gasteiger partial charge in [0, 0.05) is 12.6 Å². The molecule has 0 fully saturated rings. The lowest BCUT2D eigenvalue weighted by Gasteiger charge is -2.12. The molecule has 0 aliphatic heterocycles. The molecule has 8 nitrogen and oxygen atoms in total. The van der Waals surface area contributed by atoms with Crippen molar-refractivity contribution in [3.05, 3.63) is 57.5 Å². The first-order chi connectivity index (χ1) is 13.8. The van der Waals surface area contributed by atoms with E-state index in [0.717, 1.165) is 15.6 Å². The van der Waals surface area contributed by atoms with Gasteiger partial charge < -0.3 is 4.74 Å². The van der Waals surface area contributed by atoms with Gasteiger partial charge in [-0.3, -0.25) is 4.79 Å². The zero-order chi connectivity index (χ0) is 21.0. The largest absolute Gasteiger partial charge is 0.492 e. The Morgan fingerprint density at radius 1 is 1.17 bits per heavy atom. The van der Waals surface area contributed by atoms with Crippen LogP contribution in [0.4, 0.5) is 0 Å². The van der Waals surface area contributed by atoms with Crippen LogP contribution in [0, 0.1) is 13.8 Å². The van der Waals surface area contributed by atoms with E-state index in [4.69, 9.17) is 4.74 Å². The molecule has 0 aliphatic rings. The van der Waals surface area contributed by atoms with Crippen LogP contribution < -0.4 is 15.0 Å². The van der Waals surface area contributed by atoms with E-state index in [0.29, 0.717) is 12.3 Å².